The third-order valence-corrected chi connectivity index (χ3v) is 8.14. The van der Waals surface area contributed by atoms with E-state index in [0.717, 1.165) is 39.3 Å². The molecule has 1 aliphatic heterocycles. The SMILES string of the molecule is Cc1ncc(-c2cc(CCC(=O)[C@@H]3C[C@@H](F)[C@H](C)N3S(=O)(=O)c3ccc(F)cn3)c(C)cn2)cn1. The van der Waals surface area contributed by atoms with Crippen LogP contribution in [0.15, 0.2) is 48.0 Å². The molecule has 0 N–H and O–H groups in total. The minimum absolute atomic E-state index is 0.0155. The van der Waals surface area contributed by atoms with Gasteiger partial charge in [-0.15, -0.1) is 0 Å². The molecule has 8 nitrogen and oxygen atoms in total. The van der Waals surface area contributed by atoms with Gasteiger partial charge in [-0.1, -0.05) is 0 Å². The molecular weight excluding hydrogens is 476 g/mol. The summed E-state index contributed by atoms with van der Waals surface area (Å²) < 4.78 is 55.1. The number of ketones is 1. The van der Waals surface area contributed by atoms with Crippen molar-refractivity contribution in [2.24, 2.45) is 0 Å². The van der Waals surface area contributed by atoms with E-state index < -0.39 is 39.1 Å². The van der Waals surface area contributed by atoms with E-state index in [0.29, 0.717) is 17.9 Å². The summed E-state index contributed by atoms with van der Waals surface area (Å²) in [6, 6.07) is 1.62. The van der Waals surface area contributed by atoms with Crippen LogP contribution in [-0.2, 0) is 21.2 Å². The van der Waals surface area contributed by atoms with Gasteiger partial charge in [0.15, 0.2) is 10.8 Å². The number of pyridine rings is 2. The Hall–Kier alpha value is -3.18. The fourth-order valence-corrected chi connectivity index (χ4v) is 5.93. The molecule has 3 atom stereocenters. The Labute approximate surface area is 202 Å². The lowest BCUT2D eigenvalue weighted by molar-refractivity contribution is -0.122. The van der Waals surface area contributed by atoms with Crippen molar-refractivity contribution in [2.75, 3.05) is 0 Å². The van der Waals surface area contributed by atoms with E-state index in [9.17, 15) is 22.0 Å². The van der Waals surface area contributed by atoms with Crippen molar-refractivity contribution in [3.05, 3.63) is 65.8 Å². The number of sulfonamides is 1. The highest BCUT2D eigenvalue weighted by Gasteiger charge is 2.49. The second-order valence-electron chi connectivity index (χ2n) is 8.64. The molecule has 0 unspecified atom stereocenters. The topological polar surface area (TPSA) is 106 Å². The summed E-state index contributed by atoms with van der Waals surface area (Å²) >= 11 is 0. The van der Waals surface area contributed by atoms with Crippen LogP contribution in [0.1, 0.15) is 36.7 Å². The van der Waals surface area contributed by atoms with Crippen molar-refractivity contribution in [3.8, 4) is 11.3 Å². The highest BCUT2D eigenvalue weighted by Crippen LogP contribution is 2.34. The predicted octanol–water partition coefficient (Wildman–Crippen LogP) is 3.38. The number of rotatable bonds is 7. The molecule has 0 aliphatic carbocycles. The van der Waals surface area contributed by atoms with Crippen molar-refractivity contribution in [2.45, 2.75) is 63.3 Å². The third kappa shape index (κ3) is 5.10. The molecule has 1 aliphatic rings. The first-order valence-electron chi connectivity index (χ1n) is 11.1. The summed E-state index contributed by atoms with van der Waals surface area (Å²) in [7, 11) is -4.30. The van der Waals surface area contributed by atoms with E-state index in [2.05, 4.69) is 19.9 Å². The summed E-state index contributed by atoms with van der Waals surface area (Å²) in [6.07, 6.45) is 4.42. The summed E-state index contributed by atoms with van der Waals surface area (Å²) in [6.45, 7) is 5.07. The maximum atomic E-state index is 14.6. The third-order valence-electron chi connectivity index (χ3n) is 6.23. The molecule has 4 heterocycles. The summed E-state index contributed by atoms with van der Waals surface area (Å²) in [5, 5.41) is -0.424. The minimum atomic E-state index is -4.30. The number of nitrogens with zero attached hydrogens (tertiary/aromatic N) is 5. The van der Waals surface area contributed by atoms with Crippen LogP contribution in [0.5, 0.6) is 0 Å². The zero-order chi connectivity index (χ0) is 25.3. The molecule has 4 rings (SSSR count). The second-order valence-corrected chi connectivity index (χ2v) is 10.4. The van der Waals surface area contributed by atoms with Crippen LogP contribution >= 0.6 is 0 Å². The molecule has 11 heteroatoms. The molecule has 3 aromatic heterocycles. The van der Waals surface area contributed by atoms with Gasteiger partial charge in [-0.2, -0.15) is 4.31 Å². The van der Waals surface area contributed by atoms with Gasteiger partial charge in [-0.25, -0.2) is 32.2 Å². The van der Waals surface area contributed by atoms with E-state index in [1.165, 1.54) is 6.92 Å². The molecule has 3 aromatic rings. The van der Waals surface area contributed by atoms with Gasteiger partial charge in [0.25, 0.3) is 10.0 Å². The van der Waals surface area contributed by atoms with Gasteiger partial charge in [0.2, 0.25) is 0 Å². The molecule has 0 amide bonds. The highest BCUT2D eigenvalue weighted by molar-refractivity contribution is 7.89. The van der Waals surface area contributed by atoms with E-state index in [4.69, 9.17) is 0 Å². The maximum absolute atomic E-state index is 14.6. The zero-order valence-corrected chi connectivity index (χ0v) is 20.3. The van der Waals surface area contributed by atoms with Crippen LogP contribution < -0.4 is 0 Å². The van der Waals surface area contributed by atoms with Gasteiger partial charge < -0.3 is 0 Å². The lowest BCUT2D eigenvalue weighted by Gasteiger charge is -2.26. The fraction of sp³-hybridized carbons (Fsp3) is 0.375. The number of aryl methyl sites for hydroxylation is 3. The first-order chi connectivity index (χ1) is 16.6. The summed E-state index contributed by atoms with van der Waals surface area (Å²) in [4.78, 5) is 29.6. The van der Waals surface area contributed by atoms with Crippen molar-refractivity contribution in [1.29, 1.82) is 0 Å². The van der Waals surface area contributed by atoms with Crippen LogP contribution in [-0.4, -0.2) is 56.7 Å². The summed E-state index contributed by atoms with van der Waals surface area (Å²) in [5.74, 6) is -0.447. The first-order valence-corrected chi connectivity index (χ1v) is 12.6. The number of hydrogen-bond donors (Lipinski definition) is 0. The molecule has 35 heavy (non-hydrogen) atoms. The number of hydrogen-bond acceptors (Lipinski definition) is 7. The number of halogens is 2. The van der Waals surface area contributed by atoms with E-state index >= 15 is 0 Å². The molecule has 0 bridgehead atoms. The van der Waals surface area contributed by atoms with Gasteiger partial charge in [0.1, 0.15) is 17.8 Å². The summed E-state index contributed by atoms with van der Waals surface area (Å²) in [5.41, 5.74) is 3.12. The Bertz CT molecular complexity index is 1330. The van der Waals surface area contributed by atoms with Crippen LogP contribution in [0.3, 0.4) is 0 Å². The van der Waals surface area contributed by atoms with Crippen molar-refractivity contribution >= 4 is 15.8 Å². The Balaban J connectivity index is 1.54. The number of Topliss-reactive ketones (excluding diaryl/α,β-unsaturated/α-hetero) is 1. The number of alkyl halides is 1. The Kier molecular flexibility index (Phi) is 7.00. The fourth-order valence-electron chi connectivity index (χ4n) is 4.18. The molecule has 0 spiro atoms. The molecule has 0 aromatic carbocycles. The molecular formula is C24H25F2N5O3S. The minimum Gasteiger partial charge on any atom is -0.298 e. The van der Waals surface area contributed by atoms with Gasteiger partial charge in [0, 0.05) is 37.0 Å². The van der Waals surface area contributed by atoms with E-state index in [1.54, 1.807) is 25.5 Å². The molecule has 0 radical (unpaired) electrons. The van der Waals surface area contributed by atoms with Crippen LogP contribution in [0.25, 0.3) is 11.3 Å². The van der Waals surface area contributed by atoms with Gasteiger partial charge in [0.05, 0.1) is 24.0 Å². The van der Waals surface area contributed by atoms with E-state index in [-0.39, 0.29) is 18.6 Å². The van der Waals surface area contributed by atoms with Crippen molar-refractivity contribution in [3.63, 3.8) is 0 Å². The first kappa shape index (κ1) is 24.9. The lowest BCUT2D eigenvalue weighted by atomic mass is 9.99. The Morgan fingerprint density at radius 2 is 1.80 bits per heavy atom. The van der Waals surface area contributed by atoms with Crippen LogP contribution in [0, 0.1) is 19.7 Å². The maximum Gasteiger partial charge on any atom is 0.261 e. The Morgan fingerprint density at radius 3 is 2.46 bits per heavy atom. The Morgan fingerprint density at radius 1 is 1.09 bits per heavy atom. The number of carbonyl (C=O) groups excluding carboxylic acids is 1. The molecule has 184 valence electrons. The zero-order valence-electron chi connectivity index (χ0n) is 19.5. The largest absolute Gasteiger partial charge is 0.298 e. The standard InChI is InChI=1S/C24H25F2N5O3S/c1-14-10-29-21(18-11-27-16(3)28-12-18)8-17(14)4-6-23(32)22-9-20(26)15(2)31(22)35(33,34)24-7-5-19(25)13-30-24/h5,7-8,10-13,15,20,22H,4,6,9H2,1-3H3/t15-,20+,22-/m0/s1. The van der Waals surface area contributed by atoms with Gasteiger partial charge in [-0.05, 0) is 56.5 Å². The lowest BCUT2D eigenvalue weighted by Crippen LogP contribution is -2.45. The average Bonchev–Trinajstić information content (AvgIpc) is 3.14. The van der Waals surface area contributed by atoms with Gasteiger partial charge >= 0.3 is 0 Å². The normalized spacial score (nSPS) is 20.8. The molecule has 1 fully saturated rings. The molecule has 0 saturated carbocycles. The van der Waals surface area contributed by atoms with Crippen molar-refractivity contribution < 1.29 is 22.0 Å². The second kappa shape index (κ2) is 9.82. The van der Waals surface area contributed by atoms with Crippen LogP contribution in [0.4, 0.5) is 8.78 Å². The predicted molar refractivity (Wildman–Crippen MR) is 124 cm³/mol. The van der Waals surface area contributed by atoms with E-state index in [1.807, 2.05) is 13.0 Å². The highest BCUT2D eigenvalue weighted by atomic mass is 32.2. The number of carbonyl (C=O) groups is 1. The smallest absolute Gasteiger partial charge is 0.261 e. The number of aromatic nitrogens is 4. The average molecular weight is 502 g/mol. The van der Waals surface area contributed by atoms with Gasteiger partial charge in [-0.3, -0.25) is 9.78 Å². The molecule has 1 saturated heterocycles. The quantitative estimate of drug-likeness (QED) is 0.489. The van der Waals surface area contributed by atoms with Crippen LogP contribution in [0.2, 0.25) is 0 Å². The monoisotopic (exact) mass is 501 g/mol. The van der Waals surface area contributed by atoms with Crippen molar-refractivity contribution in [1.82, 2.24) is 24.2 Å².